The van der Waals surface area contributed by atoms with E-state index in [1.807, 2.05) is 45.9 Å². The number of thiophene rings is 1. The monoisotopic (exact) mass is 484 g/mol. The van der Waals surface area contributed by atoms with Crippen molar-refractivity contribution in [2.24, 2.45) is 11.7 Å². The van der Waals surface area contributed by atoms with Crippen molar-refractivity contribution in [1.29, 1.82) is 0 Å². The van der Waals surface area contributed by atoms with E-state index in [1.165, 1.54) is 16.6 Å². The van der Waals surface area contributed by atoms with Gasteiger partial charge in [0.2, 0.25) is 5.91 Å². The zero-order chi connectivity index (χ0) is 23.9. The Bertz CT molecular complexity index is 1310. The molecule has 174 valence electrons. The molecule has 0 spiro atoms. The molecule has 3 aromatic rings. The van der Waals surface area contributed by atoms with Gasteiger partial charge in [-0.15, -0.1) is 11.3 Å². The van der Waals surface area contributed by atoms with Gasteiger partial charge in [-0.1, -0.05) is 37.7 Å². The zero-order valence-corrected chi connectivity index (χ0v) is 20.9. The van der Waals surface area contributed by atoms with E-state index < -0.39 is 17.2 Å². The number of aromatic nitrogens is 2. The van der Waals surface area contributed by atoms with E-state index in [0.29, 0.717) is 15.4 Å². The first kappa shape index (κ1) is 23.5. The molecule has 0 aliphatic heterocycles. The summed E-state index contributed by atoms with van der Waals surface area (Å²) in [6.45, 7) is 7.72. The molecule has 0 saturated carbocycles. The van der Waals surface area contributed by atoms with Crippen LogP contribution in [0.1, 0.15) is 48.3 Å². The Labute approximate surface area is 200 Å². The fraction of sp³-hybridized carbons (Fsp3) is 0.417. The molecule has 1 atom stereocenters. The molecule has 0 radical (unpaired) electrons. The van der Waals surface area contributed by atoms with Crippen LogP contribution in [0, 0.1) is 19.8 Å². The molecule has 1 aliphatic rings. The maximum atomic E-state index is 14.0. The van der Waals surface area contributed by atoms with Crippen molar-refractivity contribution < 1.29 is 9.59 Å². The van der Waals surface area contributed by atoms with Gasteiger partial charge in [0.25, 0.3) is 5.56 Å². The number of amides is 3. The van der Waals surface area contributed by atoms with Crippen LogP contribution in [-0.4, -0.2) is 26.7 Å². The highest BCUT2D eigenvalue weighted by molar-refractivity contribution is 8.00. The van der Waals surface area contributed by atoms with Gasteiger partial charge in [-0.05, 0) is 68.2 Å². The summed E-state index contributed by atoms with van der Waals surface area (Å²) in [4.78, 5) is 44.9. The number of benzene rings is 1. The number of primary amides is 1. The van der Waals surface area contributed by atoms with Crippen LogP contribution >= 0.6 is 23.1 Å². The summed E-state index contributed by atoms with van der Waals surface area (Å²) in [5.74, 6) is -0.611. The van der Waals surface area contributed by atoms with Crippen molar-refractivity contribution in [1.82, 2.24) is 14.9 Å². The largest absolute Gasteiger partial charge is 0.351 e. The molecule has 0 unspecified atom stereocenters. The summed E-state index contributed by atoms with van der Waals surface area (Å²) in [6, 6.07) is 5.07. The fourth-order valence-electron chi connectivity index (χ4n) is 4.24. The van der Waals surface area contributed by atoms with Crippen LogP contribution < -0.4 is 16.6 Å². The number of nitrogens with two attached hydrogens (primary N) is 1. The second-order valence-corrected chi connectivity index (χ2v) is 11.0. The molecule has 3 amide bonds. The Morgan fingerprint density at radius 3 is 2.64 bits per heavy atom. The molecule has 0 fully saturated rings. The molecular formula is C24H28N4O3S2. The third-order valence-corrected chi connectivity index (χ3v) is 8.59. The molecule has 9 heteroatoms. The third-order valence-electron chi connectivity index (χ3n) is 5.91. The number of hydrogen-bond donors (Lipinski definition) is 2. The first-order valence-corrected chi connectivity index (χ1v) is 12.8. The van der Waals surface area contributed by atoms with Gasteiger partial charge < -0.3 is 5.73 Å². The standard InChI is InChI=1S/C24H28N4O3S2/c1-12(2)19(20(29)26-23(25)31)33-24-27-21-18(15-7-5-6-8-17(15)32-21)22(30)28(24)16-11-13(3)9-10-14(16)4/h9-12,19H,5-8H2,1-4H3,(H3,25,26,29,31)/t19-/m0/s1. The first-order chi connectivity index (χ1) is 15.7. The topological polar surface area (TPSA) is 107 Å². The molecule has 33 heavy (non-hydrogen) atoms. The van der Waals surface area contributed by atoms with E-state index in [9.17, 15) is 14.4 Å². The molecule has 7 nitrogen and oxygen atoms in total. The van der Waals surface area contributed by atoms with E-state index >= 15 is 0 Å². The lowest BCUT2D eigenvalue weighted by molar-refractivity contribution is -0.120. The van der Waals surface area contributed by atoms with E-state index in [4.69, 9.17) is 10.7 Å². The summed E-state index contributed by atoms with van der Waals surface area (Å²) in [5.41, 5.74) is 8.93. The molecule has 3 N–H and O–H groups in total. The third kappa shape index (κ3) is 4.56. The predicted molar refractivity (Wildman–Crippen MR) is 134 cm³/mol. The highest BCUT2D eigenvalue weighted by atomic mass is 32.2. The molecule has 4 rings (SSSR count). The van der Waals surface area contributed by atoms with Gasteiger partial charge in [0.1, 0.15) is 4.83 Å². The van der Waals surface area contributed by atoms with E-state index in [0.717, 1.165) is 48.1 Å². The van der Waals surface area contributed by atoms with Crippen molar-refractivity contribution in [3.05, 3.63) is 50.1 Å². The summed E-state index contributed by atoms with van der Waals surface area (Å²) >= 11 is 2.78. The van der Waals surface area contributed by atoms with Gasteiger partial charge in [0.05, 0.1) is 16.3 Å². The Morgan fingerprint density at radius 1 is 1.21 bits per heavy atom. The number of urea groups is 1. The fourth-order valence-corrected chi connectivity index (χ4v) is 6.64. The summed E-state index contributed by atoms with van der Waals surface area (Å²) in [7, 11) is 0. The minimum Gasteiger partial charge on any atom is -0.351 e. The maximum Gasteiger partial charge on any atom is 0.318 e. The number of fused-ring (bicyclic) bond motifs is 3. The quantitative estimate of drug-likeness (QED) is 0.416. The molecule has 1 aliphatic carbocycles. The molecule has 2 heterocycles. The van der Waals surface area contributed by atoms with Gasteiger partial charge in [-0.3, -0.25) is 19.5 Å². The Morgan fingerprint density at radius 2 is 1.94 bits per heavy atom. The minimum atomic E-state index is -0.896. The number of carbonyl (C=O) groups excluding carboxylic acids is 2. The van der Waals surface area contributed by atoms with Gasteiger partial charge >= 0.3 is 6.03 Å². The van der Waals surface area contributed by atoms with E-state index in [1.54, 1.807) is 15.9 Å². The summed E-state index contributed by atoms with van der Waals surface area (Å²) in [5, 5.41) is 2.68. The number of rotatable bonds is 5. The molecule has 0 bridgehead atoms. The number of nitrogens with one attached hydrogen (secondary N) is 1. The van der Waals surface area contributed by atoms with Crippen LogP contribution in [0.3, 0.4) is 0 Å². The number of aryl methyl sites for hydroxylation is 4. The SMILES string of the molecule is Cc1ccc(C)c(-n2c(S[C@H](C(=O)NC(N)=O)C(C)C)nc3sc4c(c3c2=O)CCCC4)c1. The van der Waals surface area contributed by atoms with Crippen LogP contribution in [0.2, 0.25) is 0 Å². The number of carbonyl (C=O) groups is 2. The average Bonchev–Trinajstić information content (AvgIpc) is 3.12. The van der Waals surface area contributed by atoms with Gasteiger partial charge in [-0.25, -0.2) is 9.78 Å². The van der Waals surface area contributed by atoms with Crippen molar-refractivity contribution in [2.45, 2.75) is 63.8 Å². The Kier molecular flexibility index (Phi) is 6.63. The van der Waals surface area contributed by atoms with Crippen molar-refractivity contribution in [3.63, 3.8) is 0 Å². The van der Waals surface area contributed by atoms with Gasteiger partial charge in [-0.2, -0.15) is 0 Å². The van der Waals surface area contributed by atoms with Crippen molar-refractivity contribution in [3.8, 4) is 5.69 Å². The molecule has 2 aromatic heterocycles. The second-order valence-electron chi connectivity index (χ2n) is 8.85. The molecule has 1 aromatic carbocycles. The van der Waals surface area contributed by atoms with E-state index in [-0.39, 0.29) is 11.5 Å². The predicted octanol–water partition coefficient (Wildman–Crippen LogP) is 4.25. The smallest absolute Gasteiger partial charge is 0.318 e. The van der Waals surface area contributed by atoms with E-state index in [2.05, 4.69) is 5.32 Å². The van der Waals surface area contributed by atoms with Crippen LogP contribution in [0.5, 0.6) is 0 Å². The lowest BCUT2D eigenvalue weighted by atomic mass is 9.97. The summed E-state index contributed by atoms with van der Waals surface area (Å²) in [6.07, 6.45) is 4.05. The van der Waals surface area contributed by atoms with Crippen LogP contribution in [0.25, 0.3) is 15.9 Å². The minimum absolute atomic E-state index is 0.103. The van der Waals surface area contributed by atoms with Crippen LogP contribution in [0.4, 0.5) is 4.79 Å². The normalized spacial score (nSPS) is 14.3. The second kappa shape index (κ2) is 9.30. The van der Waals surface area contributed by atoms with Gasteiger partial charge in [0.15, 0.2) is 5.16 Å². The number of hydrogen-bond acceptors (Lipinski definition) is 6. The highest BCUT2D eigenvalue weighted by Crippen LogP contribution is 2.37. The molecular weight excluding hydrogens is 456 g/mol. The highest BCUT2D eigenvalue weighted by Gasteiger charge is 2.29. The molecule has 0 saturated heterocycles. The number of nitrogens with zero attached hydrogens (tertiary/aromatic N) is 2. The van der Waals surface area contributed by atoms with Crippen LogP contribution in [-0.2, 0) is 17.6 Å². The zero-order valence-electron chi connectivity index (χ0n) is 19.2. The lowest BCUT2D eigenvalue weighted by Crippen LogP contribution is -2.42. The Balaban J connectivity index is 1.96. The van der Waals surface area contributed by atoms with Crippen LogP contribution in [0.15, 0.2) is 28.2 Å². The number of imide groups is 1. The van der Waals surface area contributed by atoms with Gasteiger partial charge in [0, 0.05) is 4.88 Å². The maximum absolute atomic E-state index is 14.0. The lowest BCUT2D eigenvalue weighted by Gasteiger charge is -2.21. The summed E-state index contributed by atoms with van der Waals surface area (Å²) < 4.78 is 1.64. The number of thioether (sulfide) groups is 1. The first-order valence-electron chi connectivity index (χ1n) is 11.1. The average molecular weight is 485 g/mol. The Hall–Kier alpha value is -2.65. The van der Waals surface area contributed by atoms with Crippen molar-refractivity contribution >= 4 is 45.3 Å². The van der Waals surface area contributed by atoms with Crippen molar-refractivity contribution in [2.75, 3.05) is 0 Å².